The zero-order valence-corrected chi connectivity index (χ0v) is 9.09. The van der Waals surface area contributed by atoms with E-state index in [1.54, 1.807) is 17.3 Å². The number of hydrogen-bond acceptors (Lipinski definition) is 3. The molecule has 84 valence electrons. The van der Waals surface area contributed by atoms with Crippen molar-refractivity contribution in [3.8, 4) is 0 Å². The molecule has 2 heterocycles. The smallest absolute Gasteiger partial charge is 0.234 e. The van der Waals surface area contributed by atoms with E-state index in [2.05, 4.69) is 4.98 Å². The Morgan fingerprint density at radius 1 is 1.18 bits per heavy atom. The van der Waals surface area contributed by atoms with E-state index in [-0.39, 0.29) is 24.7 Å². The lowest BCUT2D eigenvalue weighted by Crippen LogP contribution is -2.24. The molecule has 2 aromatic rings. The highest BCUT2D eigenvalue weighted by atomic mass is 16.2. The van der Waals surface area contributed by atoms with Crippen LogP contribution in [0, 0.1) is 0 Å². The molecule has 0 saturated carbocycles. The van der Waals surface area contributed by atoms with Crippen molar-refractivity contribution >= 4 is 28.2 Å². The standard InChI is InChI=1S/C13H10N2O2/c16-10-6-13(17)15(8-10)12-3-1-2-9-7-14-5-4-11(9)12/h1-5,7H,6,8H2. The number of benzene rings is 1. The maximum Gasteiger partial charge on any atom is 0.234 e. The average Bonchev–Trinajstić information content (AvgIpc) is 2.68. The fourth-order valence-corrected chi connectivity index (χ4v) is 2.14. The highest BCUT2D eigenvalue weighted by Crippen LogP contribution is 2.28. The molecule has 0 spiro atoms. The first-order valence-corrected chi connectivity index (χ1v) is 5.40. The van der Waals surface area contributed by atoms with Crippen LogP contribution in [0.25, 0.3) is 10.8 Å². The summed E-state index contributed by atoms with van der Waals surface area (Å²) < 4.78 is 0. The molecule has 1 aliphatic heterocycles. The maximum atomic E-state index is 11.7. The van der Waals surface area contributed by atoms with Gasteiger partial charge in [-0.1, -0.05) is 12.1 Å². The third-order valence-corrected chi connectivity index (χ3v) is 2.93. The number of rotatable bonds is 1. The maximum absolute atomic E-state index is 11.7. The molecule has 3 rings (SSSR count). The Hall–Kier alpha value is -2.23. The Bertz CT molecular complexity index is 616. The van der Waals surface area contributed by atoms with Crippen molar-refractivity contribution in [1.82, 2.24) is 4.98 Å². The van der Waals surface area contributed by atoms with Gasteiger partial charge in [-0.2, -0.15) is 0 Å². The fourth-order valence-electron chi connectivity index (χ4n) is 2.14. The van der Waals surface area contributed by atoms with E-state index in [0.717, 1.165) is 16.5 Å². The molecule has 1 aromatic carbocycles. The lowest BCUT2D eigenvalue weighted by molar-refractivity contribution is -0.121. The second-order valence-corrected chi connectivity index (χ2v) is 4.07. The number of Topliss-reactive ketones (excluding diaryl/α,β-unsaturated/α-hetero) is 1. The van der Waals surface area contributed by atoms with Gasteiger partial charge in [0.2, 0.25) is 5.91 Å². The summed E-state index contributed by atoms with van der Waals surface area (Å²) in [4.78, 5) is 28.6. The number of hydrogen-bond donors (Lipinski definition) is 0. The summed E-state index contributed by atoms with van der Waals surface area (Å²) in [5, 5.41) is 1.92. The van der Waals surface area contributed by atoms with Gasteiger partial charge in [-0.15, -0.1) is 0 Å². The van der Waals surface area contributed by atoms with Crippen molar-refractivity contribution in [2.75, 3.05) is 11.4 Å². The van der Waals surface area contributed by atoms with Gasteiger partial charge in [-0.3, -0.25) is 14.6 Å². The summed E-state index contributed by atoms with van der Waals surface area (Å²) >= 11 is 0. The van der Waals surface area contributed by atoms with Crippen LogP contribution >= 0.6 is 0 Å². The summed E-state index contributed by atoms with van der Waals surface area (Å²) in [5.41, 5.74) is 0.792. The van der Waals surface area contributed by atoms with E-state index in [1.807, 2.05) is 24.3 Å². The number of pyridine rings is 1. The molecular formula is C13H10N2O2. The van der Waals surface area contributed by atoms with Crippen LogP contribution in [0.2, 0.25) is 0 Å². The van der Waals surface area contributed by atoms with E-state index >= 15 is 0 Å². The van der Waals surface area contributed by atoms with Crippen molar-refractivity contribution in [1.29, 1.82) is 0 Å². The van der Waals surface area contributed by atoms with Gasteiger partial charge in [-0.05, 0) is 12.1 Å². The van der Waals surface area contributed by atoms with Crippen LogP contribution in [0.1, 0.15) is 6.42 Å². The number of carbonyl (C=O) groups excluding carboxylic acids is 2. The first kappa shape index (κ1) is 9.96. The summed E-state index contributed by atoms with van der Waals surface area (Å²) in [5.74, 6) is -0.152. The molecule has 1 fully saturated rings. The number of ketones is 1. The topological polar surface area (TPSA) is 50.3 Å². The largest absolute Gasteiger partial charge is 0.304 e. The molecule has 0 N–H and O–H groups in total. The molecular weight excluding hydrogens is 216 g/mol. The molecule has 1 amide bonds. The summed E-state index contributed by atoms with van der Waals surface area (Å²) in [7, 11) is 0. The molecule has 4 heteroatoms. The van der Waals surface area contributed by atoms with Crippen LogP contribution in [-0.2, 0) is 9.59 Å². The molecule has 0 radical (unpaired) electrons. The highest BCUT2D eigenvalue weighted by Gasteiger charge is 2.29. The van der Waals surface area contributed by atoms with Crippen molar-refractivity contribution < 1.29 is 9.59 Å². The molecule has 0 atom stereocenters. The molecule has 4 nitrogen and oxygen atoms in total. The first-order valence-electron chi connectivity index (χ1n) is 5.40. The van der Waals surface area contributed by atoms with Gasteiger partial charge in [-0.25, -0.2) is 0 Å². The predicted octanol–water partition coefficient (Wildman–Crippen LogP) is 1.54. The normalized spacial score (nSPS) is 15.9. The Balaban J connectivity index is 2.17. The van der Waals surface area contributed by atoms with Crippen molar-refractivity contribution in [3.63, 3.8) is 0 Å². The molecule has 0 aliphatic carbocycles. The second-order valence-electron chi connectivity index (χ2n) is 4.07. The second kappa shape index (κ2) is 3.66. The van der Waals surface area contributed by atoms with Gasteiger partial charge in [0.25, 0.3) is 0 Å². The monoisotopic (exact) mass is 226 g/mol. The zero-order valence-electron chi connectivity index (χ0n) is 9.09. The lowest BCUT2D eigenvalue weighted by Gasteiger charge is -2.16. The predicted molar refractivity (Wildman–Crippen MR) is 63.7 cm³/mol. The average molecular weight is 226 g/mol. The van der Waals surface area contributed by atoms with E-state index in [1.165, 1.54) is 0 Å². The van der Waals surface area contributed by atoms with Crippen LogP contribution in [0.4, 0.5) is 5.69 Å². The van der Waals surface area contributed by atoms with Crippen molar-refractivity contribution in [2.24, 2.45) is 0 Å². The van der Waals surface area contributed by atoms with Gasteiger partial charge in [0.15, 0.2) is 5.78 Å². The van der Waals surface area contributed by atoms with E-state index in [4.69, 9.17) is 0 Å². The van der Waals surface area contributed by atoms with Crippen LogP contribution in [0.15, 0.2) is 36.7 Å². The minimum atomic E-state index is -0.126. The number of fused-ring (bicyclic) bond motifs is 1. The zero-order chi connectivity index (χ0) is 11.8. The summed E-state index contributed by atoms with van der Waals surface area (Å²) in [6.07, 6.45) is 3.46. The van der Waals surface area contributed by atoms with Gasteiger partial charge in [0.1, 0.15) is 0 Å². The van der Waals surface area contributed by atoms with Gasteiger partial charge < -0.3 is 4.90 Å². The van der Waals surface area contributed by atoms with E-state index < -0.39 is 0 Å². The SMILES string of the molecule is O=C1CC(=O)N(c2cccc3cnccc23)C1. The van der Waals surface area contributed by atoms with Crippen LogP contribution < -0.4 is 4.90 Å². The molecule has 0 bridgehead atoms. The third-order valence-electron chi connectivity index (χ3n) is 2.93. The molecule has 17 heavy (non-hydrogen) atoms. The summed E-state index contributed by atoms with van der Waals surface area (Å²) in [6.45, 7) is 0.181. The minimum absolute atomic E-state index is 0.0153. The fraction of sp³-hybridized carbons (Fsp3) is 0.154. The highest BCUT2D eigenvalue weighted by molar-refractivity contribution is 6.17. The Labute approximate surface area is 97.9 Å². The lowest BCUT2D eigenvalue weighted by atomic mass is 10.1. The quantitative estimate of drug-likeness (QED) is 0.693. The van der Waals surface area contributed by atoms with Gasteiger partial charge in [0, 0.05) is 23.2 Å². The van der Waals surface area contributed by atoms with Crippen molar-refractivity contribution in [3.05, 3.63) is 36.7 Å². The Morgan fingerprint density at radius 3 is 2.82 bits per heavy atom. The number of anilines is 1. The summed E-state index contributed by atoms with van der Waals surface area (Å²) in [6, 6.07) is 7.53. The van der Waals surface area contributed by atoms with Gasteiger partial charge >= 0.3 is 0 Å². The van der Waals surface area contributed by atoms with Crippen LogP contribution in [-0.4, -0.2) is 23.2 Å². The molecule has 0 unspecified atom stereocenters. The number of nitrogens with zero attached hydrogens (tertiary/aromatic N) is 2. The number of amides is 1. The third kappa shape index (κ3) is 1.58. The molecule has 1 aliphatic rings. The Kier molecular flexibility index (Phi) is 2.14. The van der Waals surface area contributed by atoms with E-state index in [9.17, 15) is 9.59 Å². The number of carbonyl (C=O) groups is 2. The number of aromatic nitrogens is 1. The minimum Gasteiger partial charge on any atom is -0.304 e. The van der Waals surface area contributed by atoms with Crippen LogP contribution in [0.5, 0.6) is 0 Å². The molecule has 1 aromatic heterocycles. The Morgan fingerprint density at radius 2 is 2.06 bits per heavy atom. The molecule has 1 saturated heterocycles. The van der Waals surface area contributed by atoms with Gasteiger partial charge in [0.05, 0.1) is 18.7 Å². The first-order chi connectivity index (χ1) is 8.25. The van der Waals surface area contributed by atoms with E-state index in [0.29, 0.717) is 0 Å². The van der Waals surface area contributed by atoms with Crippen LogP contribution in [0.3, 0.4) is 0 Å². The van der Waals surface area contributed by atoms with Crippen molar-refractivity contribution in [2.45, 2.75) is 6.42 Å².